The molecular weight excluding hydrogens is 232 g/mol. The molecule has 1 aromatic carbocycles. The van der Waals surface area contributed by atoms with E-state index in [1.54, 1.807) is 12.1 Å². The van der Waals surface area contributed by atoms with Crippen LogP contribution in [0.3, 0.4) is 0 Å². The molecule has 0 aliphatic carbocycles. The fourth-order valence-corrected chi connectivity index (χ4v) is 2.12. The van der Waals surface area contributed by atoms with Crippen molar-refractivity contribution in [1.29, 1.82) is 0 Å². The smallest absolute Gasteiger partial charge is 0.339 e. The third kappa shape index (κ3) is 2.56. The first kappa shape index (κ1) is 12.7. The molecule has 0 unspecified atom stereocenters. The molecule has 5 nitrogen and oxygen atoms in total. The summed E-state index contributed by atoms with van der Waals surface area (Å²) < 4.78 is 5.06. The first-order chi connectivity index (χ1) is 8.61. The molecule has 1 saturated heterocycles. The van der Waals surface area contributed by atoms with Crippen molar-refractivity contribution in [3.63, 3.8) is 0 Å². The molecule has 1 N–H and O–H groups in total. The standard InChI is InChI=1S/C13H18N2O3/c1-14-5-7-15(8-6-14)10-3-4-12(18-2)11(9-10)13(16)17/h3-4,9H,5-8H2,1-2H3,(H,16,17). The van der Waals surface area contributed by atoms with Crippen molar-refractivity contribution in [3.8, 4) is 5.75 Å². The quantitative estimate of drug-likeness (QED) is 0.872. The van der Waals surface area contributed by atoms with E-state index in [2.05, 4.69) is 16.8 Å². The van der Waals surface area contributed by atoms with Crippen LogP contribution in [-0.2, 0) is 0 Å². The average Bonchev–Trinajstić information content (AvgIpc) is 2.39. The van der Waals surface area contributed by atoms with Gasteiger partial charge < -0.3 is 19.6 Å². The number of aromatic carboxylic acids is 1. The number of methoxy groups -OCH3 is 1. The zero-order valence-corrected chi connectivity index (χ0v) is 10.7. The predicted octanol–water partition coefficient (Wildman–Crippen LogP) is 1.15. The highest BCUT2D eigenvalue weighted by atomic mass is 16.5. The van der Waals surface area contributed by atoms with E-state index in [1.807, 2.05) is 6.07 Å². The van der Waals surface area contributed by atoms with Gasteiger partial charge in [-0.25, -0.2) is 4.79 Å². The second-order valence-electron chi connectivity index (χ2n) is 4.48. The molecule has 18 heavy (non-hydrogen) atoms. The van der Waals surface area contributed by atoms with Crippen LogP contribution >= 0.6 is 0 Å². The normalized spacial score (nSPS) is 16.7. The minimum atomic E-state index is -0.956. The zero-order chi connectivity index (χ0) is 13.1. The number of carbonyl (C=O) groups is 1. The van der Waals surface area contributed by atoms with Crippen LogP contribution in [0, 0.1) is 0 Å². The summed E-state index contributed by atoms with van der Waals surface area (Å²) in [5.74, 6) is -0.553. The van der Waals surface area contributed by atoms with Crippen LogP contribution in [0.5, 0.6) is 5.75 Å². The van der Waals surface area contributed by atoms with Gasteiger partial charge >= 0.3 is 5.97 Å². The van der Waals surface area contributed by atoms with Crippen LogP contribution in [-0.4, -0.2) is 56.3 Å². The van der Waals surface area contributed by atoms with E-state index in [4.69, 9.17) is 9.84 Å². The van der Waals surface area contributed by atoms with Crippen molar-refractivity contribution < 1.29 is 14.6 Å². The average molecular weight is 250 g/mol. The van der Waals surface area contributed by atoms with Gasteiger partial charge in [-0.2, -0.15) is 0 Å². The van der Waals surface area contributed by atoms with Crippen molar-refractivity contribution in [3.05, 3.63) is 23.8 Å². The lowest BCUT2D eigenvalue weighted by Crippen LogP contribution is -2.44. The van der Waals surface area contributed by atoms with Gasteiger partial charge in [-0.05, 0) is 25.2 Å². The highest BCUT2D eigenvalue weighted by molar-refractivity contribution is 5.92. The number of rotatable bonds is 3. The Labute approximate surface area is 107 Å². The molecule has 0 spiro atoms. The number of piperazine rings is 1. The van der Waals surface area contributed by atoms with Gasteiger partial charge in [-0.15, -0.1) is 0 Å². The van der Waals surface area contributed by atoms with Crippen LogP contribution < -0.4 is 9.64 Å². The minimum Gasteiger partial charge on any atom is -0.496 e. The Kier molecular flexibility index (Phi) is 3.72. The number of benzene rings is 1. The van der Waals surface area contributed by atoms with Gasteiger partial charge in [0.2, 0.25) is 0 Å². The maximum absolute atomic E-state index is 11.2. The fraction of sp³-hybridized carbons (Fsp3) is 0.462. The van der Waals surface area contributed by atoms with Gasteiger partial charge in [0.15, 0.2) is 0 Å². The van der Waals surface area contributed by atoms with Gasteiger partial charge in [-0.3, -0.25) is 0 Å². The van der Waals surface area contributed by atoms with E-state index in [1.165, 1.54) is 7.11 Å². The van der Waals surface area contributed by atoms with Gasteiger partial charge in [0.25, 0.3) is 0 Å². The Morgan fingerprint density at radius 3 is 2.50 bits per heavy atom. The van der Waals surface area contributed by atoms with E-state index in [0.29, 0.717) is 5.75 Å². The molecule has 0 saturated carbocycles. The van der Waals surface area contributed by atoms with E-state index in [-0.39, 0.29) is 5.56 Å². The topological polar surface area (TPSA) is 53.0 Å². The van der Waals surface area contributed by atoms with Crippen LogP contribution in [0.4, 0.5) is 5.69 Å². The summed E-state index contributed by atoms with van der Waals surface area (Å²) in [7, 11) is 3.57. The first-order valence-corrected chi connectivity index (χ1v) is 5.96. The summed E-state index contributed by atoms with van der Waals surface area (Å²) in [4.78, 5) is 15.6. The number of ether oxygens (including phenoxy) is 1. The van der Waals surface area contributed by atoms with Crippen LogP contribution in [0.1, 0.15) is 10.4 Å². The fourth-order valence-electron chi connectivity index (χ4n) is 2.12. The molecule has 1 aromatic rings. The molecule has 98 valence electrons. The molecule has 0 bridgehead atoms. The molecule has 5 heteroatoms. The van der Waals surface area contributed by atoms with Gasteiger partial charge in [0, 0.05) is 31.9 Å². The van der Waals surface area contributed by atoms with Crippen molar-refractivity contribution >= 4 is 11.7 Å². The number of hydrogen-bond acceptors (Lipinski definition) is 4. The van der Waals surface area contributed by atoms with Crippen molar-refractivity contribution in [2.24, 2.45) is 0 Å². The lowest BCUT2D eigenvalue weighted by molar-refractivity contribution is 0.0693. The van der Waals surface area contributed by atoms with E-state index in [9.17, 15) is 4.79 Å². The van der Waals surface area contributed by atoms with E-state index >= 15 is 0 Å². The van der Waals surface area contributed by atoms with Gasteiger partial charge in [-0.1, -0.05) is 0 Å². The summed E-state index contributed by atoms with van der Waals surface area (Å²) in [6, 6.07) is 5.32. The zero-order valence-electron chi connectivity index (χ0n) is 10.7. The summed E-state index contributed by atoms with van der Waals surface area (Å²) in [6.45, 7) is 3.83. The van der Waals surface area contributed by atoms with Gasteiger partial charge in [0.05, 0.1) is 7.11 Å². The lowest BCUT2D eigenvalue weighted by Gasteiger charge is -2.34. The Balaban J connectivity index is 2.24. The third-order valence-electron chi connectivity index (χ3n) is 3.28. The SMILES string of the molecule is COc1ccc(N2CCN(C)CC2)cc1C(=O)O. The Hall–Kier alpha value is -1.75. The number of likely N-dealkylation sites (N-methyl/N-ethyl adjacent to an activating group) is 1. The molecule has 1 aliphatic rings. The van der Waals surface area contributed by atoms with Crippen LogP contribution in [0.2, 0.25) is 0 Å². The molecule has 1 aliphatic heterocycles. The van der Waals surface area contributed by atoms with Crippen LogP contribution in [0.25, 0.3) is 0 Å². The molecule has 0 aromatic heterocycles. The number of hydrogen-bond donors (Lipinski definition) is 1. The summed E-state index contributed by atoms with van der Waals surface area (Å²) >= 11 is 0. The Morgan fingerprint density at radius 2 is 1.94 bits per heavy atom. The number of anilines is 1. The lowest BCUT2D eigenvalue weighted by atomic mass is 10.1. The summed E-state index contributed by atoms with van der Waals surface area (Å²) in [5, 5.41) is 9.15. The minimum absolute atomic E-state index is 0.217. The van der Waals surface area contributed by atoms with Crippen molar-refractivity contribution in [2.45, 2.75) is 0 Å². The Bertz CT molecular complexity index is 440. The first-order valence-electron chi connectivity index (χ1n) is 5.96. The highest BCUT2D eigenvalue weighted by Gasteiger charge is 2.17. The predicted molar refractivity (Wildman–Crippen MR) is 69.7 cm³/mol. The maximum Gasteiger partial charge on any atom is 0.339 e. The number of nitrogens with zero attached hydrogens (tertiary/aromatic N) is 2. The molecule has 0 atom stereocenters. The molecule has 0 radical (unpaired) electrons. The van der Waals surface area contributed by atoms with Crippen molar-refractivity contribution in [1.82, 2.24) is 4.90 Å². The van der Waals surface area contributed by atoms with Gasteiger partial charge in [0.1, 0.15) is 11.3 Å². The van der Waals surface area contributed by atoms with E-state index in [0.717, 1.165) is 31.9 Å². The monoisotopic (exact) mass is 250 g/mol. The molecule has 1 fully saturated rings. The molecule has 2 rings (SSSR count). The summed E-state index contributed by atoms with van der Waals surface area (Å²) in [6.07, 6.45) is 0. The molecular formula is C13H18N2O3. The second-order valence-corrected chi connectivity index (χ2v) is 4.48. The number of carboxylic acid groups (broad SMARTS) is 1. The van der Waals surface area contributed by atoms with E-state index < -0.39 is 5.97 Å². The third-order valence-corrected chi connectivity index (χ3v) is 3.28. The molecule has 0 amide bonds. The summed E-state index contributed by atoms with van der Waals surface area (Å²) in [5.41, 5.74) is 1.16. The number of carboxylic acids is 1. The Morgan fingerprint density at radius 1 is 1.28 bits per heavy atom. The van der Waals surface area contributed by atoms with Crippen LogP contribution in [0.15, 0.2) is 18.2 Å². The largest absolute Gasteiger partial charge is 0.496 e. The second kappa shape index (κ2) is 5.27. The van der Waals surface area contributed by atoms with Crippen molar-refractivity contribution in [2.75, 3.05) is 45.2 Å². The maximum atomic E-state index is 11.2. The molecule has 1 heterocycles. The highest BCUT2D eigenvalue weighted by Crippen LogP contribution is 2.25.